The van der Waals surface area contributed by atoms with Gasteiger partial charge >= 0.3 is 0 Å². The number of benzene rings is 1. The lowest BCUT2D eigenvalue weighted by Crippen LogP contribution is -2.34. The summed E-state index contributed by atoms with van der Waals surface area (Å²) >= 11 is 0. The zero-order valence-corrected chi connectivity index (χ0v) is 15.7. The number of aromatic nitrogens is 4. The van der Waals surface area contributed by atoms with Crippen molar-refractivity contribution in [1.29, 1.82) is 0 Å². The van der Waals surface area contributed by atoms with Crippen molar-refractivity contribution in [3.63, 3.8) is 0 Å². The van der Waals surface area contributed by atoms with Crippen LogP contribution in [0.1, 0.15) is 41.5 Å². The molecule has 1 aliphatic heterocycles. The van der Waals surface area contributed by atoms with Gasteiger partial charge in [-0.25, -0.2) is 4.98 Å². The summed E-state index contributed by atoms with van der Waals surface area (Å²) in [7, 11) is 0. The Morgan fingerprint density at radius 3 is 2.46 bits per heavy atom. The molecule has 0 atom stereocenters. The number of nitrogens with zero attached hydrogens (tertiary/aromatic N) is 5. The van der Waals surface area contributed by atoms with Gasteiger partial charge in [0.25, 0.3) is 0 Å². The molecular weight excluding hydrogens is 322 g/mol. The van der Waals surface area contributed by atoms with Gasteiger partial charge in [0.1, 0.15) is 17.5 Å². The lowest BCUT2D eigenvalue weighted by Gasteiger charge is -2.32. The summed E-state index contributed by atoms with van der Waals surface area (Å²) in [6.45, 7) is 8.33. The molecule has 1 saturated heterocycles. The minimum absolute atomic E-state index is 0.428. The standard InChI is InChI=1S/C21H25N5/c1-15-7-8-19(16(2)14-15)26-17(3)23-24-21(26)18-9-12-25(13-10-18)20-6-4-5-11-22-20/h4-8,11,14,18H,9-10,12-13H2,1-3H3. The molecule has 5 heteroatoms. The average Bonchev–Trinajstić information content (AvgIpc) is 3.04. The molecule has 1 fully saturated rings. The van der Waals surface area contributed by atoms with Crippen LogP contribution >= 0.6 is 0 Å². The van der Waals surface area contributed by atoms with Crippen molar-refractivity contribution in [2.24, 2.45) is 0 Å². The van der Waals surface area contributed by atoms with E-state index in [1.54, 1.807) is 0 Å². The van der Waals surface area contributed by atoms with Gasteiger partial charge in [0.15, 0.2) is 0 Å². The molecule has 1 aromatic carbocycles. The third kappa shape index (κ3) is 3.09. The van der Waals surface area contributed by atoms with Crippen molar-refractivity contribution in [2.45, 2.75) is 39.5 Å². The molecule has 134 valence electrons. The maximum absolute atomic E-state index is 4.56. The first kappa shape index (κ1) is 16.8. The maximum Gasteiger partial charge on any atom is 0.140 e. The van der Waals surface area contributed by atoms with Crippen LogP contribution in [0, 0.1) is 20.8 Å². The number of pyridine rings is 1. The van der Waals surface area contributed by atoms with Crippen LogP contribution in [0.15, 0.2) is 42.6 Å². The molecule has 0 saturated carbocycles. The van der Waals surface area contributed by atoms with E-state index in [9.17, 15) is 0 Å². The molecule has 0 spiro atoms. The van der Waals surface area contributed by atoms with Gasteiger partial charge in [0.2, 0.25) is 0 Å². The summed E-state index contributed by atoms with van der Waals surface area (Å²) in [6.07, 6.45) is 4.00. The largest absolute Gasteiger partial charge is 0.357 e. The molecule has 3 heterocycles. The van der Waals surface area contributed by atoms with Gasteiger partial charge in [-0.05, 0) is 57.4 Å². The van der Waals surface area contributed by atoms with Crippen LogP contribution in [0.25, 0.3) is 5.69 Å². The molecule has 2 aromatic heterocycles. The van der Waals surface area contributed by atoms with E-state index in [1.807, 2.05) is 19.2 Å². The van der Waals surface area contributed by atoms with Crippen LogP contribution in [0.3, 0.4) is 0 Å². The van der Waals surface area contributed by atoms with Gasteiger partial charge in [-0.1, -0.05) is 23.8 Å². The summed E-state index contributed by atoms with van der Waals surface area (Å²) < 4.78 is 2.25. The van der Waals surface area contributed by atoms with E-state index in [0.29, 0.717) is 5.92 Å². The first-order chi connectivity index (χ1) is 12.6. The molecule has 0 unspecified atom stereocenters. The van der Waals surface area contributed by atoms with Crippen LogP contribution in [0.5, 0.6) is 0 Å². The molecule has 0 amide bonds. The SMILES string of the molecule is Cc1ccc(-n2c(C)nnc2C2CCN(c3ccccn3)CC2)c(C)c1. The number of aryl methyl sites for hydroxylation is 3. The molecule has 0 radical (unpaired) electrons. The lowest BCUT2D eigenvalue weighted by atomic mass is 9.95. The van der Waals surface area contributed by atoms with E-state index >= 15 is 0 Å². The fourth-order valence-corrected chi connectivity index (χ4v) is 3.90. The van der Waals surface area contributed by atoms with E-state index in [1.165, 1.54) is 16.8 Å². The van der Waals surface area contributed by atoms with Gasteiger partial charge in [0.05, 0.1) is 5.69 Å². The van der Waals surface area contributed by atoms with Crippen LogP contribution in [-0.4, -0.2) is 32.8 Å². The Morgan fingerprint density at radius 1 is 0.962 bits per heavy atom. The third-order valence-corrected chi connectivity index (χ3v) is 5.28. The third-order valence-electron chi connectivity index (χ3n) is 5.28. The van der Waals surface area contributed by atoms with Crippen molar-refractivity contribution in [2.75, 3.05) is 18.0 Å². The highest BCUT2D eigenvalue weighted by atomic mass is 15.3. The van der Waals surface area contributed by atoms with Crippen LogP contribution in [0.2, 0.25) is 0 Å². The number of rotatable bonds is 3. The van der Waals surface area contributed by atoms with Gasteiger partial charge in [-0.3, -0.25) is 4.57 Å². The van der Waals surface area contributed by atoms with E-state index in [0.717, 1.165) is 43.4 Å². The molecule has 5 nitrogen and oxygen atoms in total. The molecular formula is C21H25N5. The average molecular weight is 347 g/mol. The Kier molecular flexibility index (Phi) is 4.45. The quantitative estimate of drug-likeness (QED) is 0.719. The van der Waals surface area contributed by atoms with E-state index < -0.39 is 0 Å². The molecule has 0 bridgehead atoms. The minimum atomic E-state index is 0.428. The molecule has 26 heavy (non-hydrogen) atoms. The Hall–Kier alpha value is -2.69. The van der Waals surface area contributed by atoms with Crippen molar-refractivity contribution < 1.29 is 0 Å². The van der Waals surface area contributed by atoms with Gasteiger partial charge in [-0.2, -0.15) is 0 Å². The summed E-state index contributed by atoms with van der Waals surface area (Å²) in [5, 5.41) is 8.95. The van der Waals surface area contributed by atoms with Crippen LogP contribution < -0.4 is 4.90 Å². The Labute approximate surface area is 154 Å². The molecule has 0 N–H and O–H groups in total. The maximum atomic E-state index is 4.56. The van der Waals surface area contributed by atoms with Gasteiger partial charge in [-0.15, -0.1) is 10.2 Å². The molecule has 3 aromatic rings. The van der Waals surface area contributed by atoms with Gasteiger partial charge < -0.3 is 4.90 Å². The predicted molar refractivity (Wildman–Crippen MR) is 104 cm³/mol. The fraction of sp³-hybridized carbons (Fsp3) is 0.381. The Balaban J connectivity index is 1.58. The first-order valence-electron chi connectivity index (χ1n) is 9.29. The highest BCUT2D eigenvalue weighted by molar-refractivity contribution is 5.45. The zero-order chi connectivity index (χ0) is 18.1. The second kappa shape index (κ2) is 6.90. The number of piperidine rings is 1. The predicted octanol–water partition coefficient (Wildman–Crippen LogP) is 3.97. The zero-order valence-electron chi connectivity index (χ0n) is 15.7. The second-order valence-electron chi connectivity index (χ2n) is 7.18. The lowest BCUT2D eigenvalue weighted by molar-refractivity contribution is 0.477. The molecule has 0 aliphatic carbocycles. The smallest absolute Gasteiger partial charge is 0.140 e. The molecule has 1 aliphatic rings. The normalized spacial score (nSPS) is 15.4. The van der Waals surface area contributed by atoms with Crippen molar-refractivity contribution in [3.8, 4) is 5.69 Å². The number of hydrogen-bond acceptors (Lipinski definition) is 4. The highest BCUT2D eigenvalue weighted by Gasteiger charge is 2.26. The monoisotopic (exact) mass is 347 g/mol. The number of hydrogen-bond donors (Lipinski definition) is 0. The van der Waals surface area contributed by atoms with Crippen molar-refractivity contribution in [1.82, 2.24) is 19.7 Å². The Morgan fingerprint density at radius 2 is 1.77 bits per heavy atom. The second-order valence-corrected chi connectivity index (χ2v) is 7.18. The molecule has 4 rings (SSSR count). The highest BCUT2D eigenvalue weighted by Crippen LogP contribution is 2.31. The summed E-state index contributed by atoms with van der Waals surface area (Å²) in [4.78, 5) is 6.84. The Bertz CT molecular complexity index is 892. The van der Waals surface area contributed by atoms with Crippen molar-refractivity contribution in [3.05, 3.63) is 65.4 Å². The summed E-state index contributed by atoms with van der Waals surface area (Å²) in [6, 6.07) is 12.7. The van der Waals surface area contributed by atoms with Gasteiger partial charge in [0, 0.05) is 25.2 Å². The first-order valence-corrected chi connectivity index (χ1v) is 9.29. The van der Waals surface area contributed by atoms with Crippen LogP contribution in [0.4, 0.5) is 5.82 Å². The summed E-state index contributed by atoms with van der Waals surface area (Å²) in [5.74, 6) is 3.55. The fourth-order valence-electron chi connectivity index (χ4n) is 3.90. The van der Waals surface area contributed by atoms with E-state index in [4.69, 9.17) is 0 Å². The minimum Gasteiger partial charge on any atom is -0.357 e. The van der Waals surface area contributed by atoms with E-state index in [2.05, 4.69) is 68.8 Å². The summed E-state index contributed by atoms with van der Waals surface area (Å²) in [5.41, 5.74) is 3.74. The topological polar surface area (TPSA) is 46.8 Å². The van der Waals surface area contributed by atoms with Crippen LogP contribution in [-0.2, 0) is 0 Å². The van der Waals surface area contributed by atoms with E-state index in [-0.39, 0.29) is 0 Å². The number of anilines is 1. The van der Waals surface area contributed by atoms with Crippen molar-refractivity contribution >= 4 is 5.82 Å².